The van der Waals surface area contributed by atoms with Crippen molar-refractivity contribution >= 4 is 11.9 Å². The van der Waals surface area contributed by atoms with Crippen LogP contribution in [0.1, 0.15) is 47.2 Å². The van der Waals surface area contributed by atoms with Crippen molar-refractivity contribution in [3.8, 4) is 0 Å². The first-order valence-corrected chi connectivity index (χ1v) is 8.72. The molecule has 1 aromatic rings. The van der Waals surface area contributed by atoms with Gasteiger partial charge in [-0.1, -0.05) is 24.3 Å². The van der Waals surface area contributed by atoms with E-state index in [1.54, 1.807) is 0 Å². The Balaban J connectivity index is 1.56. The van der Waals surface area contributed by atoms with Crippen molar-refractivity contribution in [1.82, 2.24) is 5.32 Å². The van der Waals surface area contributed by atoms with E-state index in [1.807, 2.05) is 25.1 Å². The van der Waals surface area contributed by atoms with Crippen molar-refractivity contribution < 1.29 is 14.3 Å². The number of aryl methyl sites for hydroxylation is 1. The molecule has 24 heavy (non-hydrogen) atoms. The number of rotatable bonds is 4. The number of ether oxygens (including phenoxy) is 1. The highest BCUT2D eigenvalue weighted by Crippen LogP contribution is 2.52. The molecule has 3 aliphatic rings. The highest BCUT2D eigenvalue weighted by molar-refractivity contribution is 5.96. The second kappa shape index (κ2) is 5.47. The Kier molecular flexibility index (Phi) is 3.52. The first kappa shape index (κ1) is 15.4. The van der Waals surface area contributed by atoms with Crippen molar-refractivity contribution in [3.63, 3.8) is 0 Å². The third-order valence-electron chi connectivity index (χ3n) is 5.67. The maximum absolute atomic E-state index is 12.4. The summed E-state index contributed by atoms with van der Waals surface area (Å²) in [5.41, 5.74) is 3.48. The number of hydrogen-bond acceptors (Lipinski definition) is 3. The molecule has 0 bridgehead atoms. The molecule has 3 fully saturated rings. The maximum Gasteiger partial charge on any atom is 0.313 e. The van der Waals surface area contributed by atoms with Crippen LogP contribution < -0.4 is 5.32 Å². The molecule has 1 saturated heterocycles. The van der Waals surface area contributed by atoms with Crippen LogP contribution in [0.2, 0.25) is 0 Å². The molecular weight excluding hydrogens is 302 g/mol. The molecule has 0 aromatic heterocycles. The first-order valence-electron chi connectivity index (χ1n) is 8.72. The number of cyclic esters (lactones) is 1. The molecule has 4 rings (SSSR count). The van der Waals surface area contributed by atoms with E-state index < -0.39 is 5.41 Å². The second-order valence-corrected chi connectivity index (χ2v) is 7.66. The number of allylic oxidation sites excluding steroid dienone is 1. The van der Waals surface area contributed by atoms with Crippen LogP contribution in [0.5, 0.6) is 0 Å². The van der Waals surface area contributed by atoms with Gasteiger partial charge in [-0.15, -0.1) is 0 Å². The Labute approximate surface area is 142 Å². The lowest BCUT2D eigenvalue weighted by Gasteiger charge is -2.24. The Bertz CT molecular complexity index is 734. The quantitative estimate of drug-likeness (QED) is 0.684. The summed E-state index contributed by atoms with van der Waals surface area (Å²) in [4.78, 5) is 24.6. The van der Waals surface area contributed by atoms with Gasteiger partial charge in [0.15, 0.2) is 0 Å². The van der Waals surface area contributed by atoms with Gasteiger partial charge in [-0.3, -0.25) is 9.59 Å². The van der Waals surface area contributed by atoms with Crippen LogP contribution in [0, 0.1) is 18.3 Å². The van der Waals surface area contributed by atoms with Crippen LogP contribution in [0.15, 0.2) is 30.4 Å². The molecule has 1 amide bonds. The Morgan fingerprint density at radius 1 is 1.42 bits per heavy atom. The van der Waals surface area contributed by atoms with Crippen molar-refractivity contribution in [3.05, 3.63) is 47.0 Å². The van der Waals surface area contributed by atoms with Crippen LogP contribution in [0.3, 0.4) is 0 Å². The minimum atomic E-state index is -0.443. The van der Waals surface area contributed by atoms with E-state index in [-0.39, 0.29) is 17.8 Å². The number of amides is 1. The lowest BCUT2D eigenvalue weighted by Crippen LogP contribution is -2.31. The molecule has 1 aromatic carbocycles. The number of nitrogens with one attached hydrogen (secondary N) is 1. The van der Waals surface area contributed by atoms with Gasteiger partial charge in [0.25, 0.3) is 5.91 Å². The molecule has 1 aliphatic heterocycles. The Hall–Kier alpha value is -2.10. The van der Waals surface area contributed by atoms with Gasteiger partial charge >= 0.3 is 5.97 Å². The van der Waals surface area contributed by atoms with E-state index in [4.69, 9.17) is 4.74 Å². The zero-order valence-electron chi connectivity index (χ0n) is 14.1. The second-order valence-electron chi connectivity index (χ2n) is 7.66. The maximum atomic E-state index is 12.4. The van der Waals surface area contributed by atoms with E-state index in [0.29, 0.717) is 19.1 Å². The van der Waals surface area contributed by atoms with E-state index in [1.165, 1.54) is 0 Å². The highest BCUT2D eigenvalue weighted by atomic mass is 16.5. The van der Waals surface area contributed by atoms with E-state index in [2.05, 4.69) is 11.9 Å². The van der Waals surface area contributed by atoms with E-state index in [0.717, 1.165) is 47.9 Å². The van der Waals surface area contributed by atoms with Crippen LogP contribution in [0.4, 0.5) is 0 Å². The third kappa shape index (κ3) is 2.54. The molecule has 2 unspecified atom stereocenters. The fourth-order valence-electron chi connectivity index (χ4n) is 4.21. The molecule has 2 atom stereocenters. The summed E-state index contributed by atoms with van der Waals surface area (Å²) in [6, 6.07) is 6.26. The Morgan fingerprint density at radius 3 is 2.92 bits per heavy atom. The van der Waals surface area contributed by atoms with Gasteiger partial charge in [0.05, 0.1) is 12.0 Å². The largest absolute Gasteiger partial charge is 0.465 e. The zero-order chi connectivity index (χ0) is 16.9. The summed E-state index contributed by atoms with van der Waals surface area (Å²) in [7, 11) is 0. The fourth-order valence-corrected chi connectivity index (χ4v) is 4.21. The standard InChI is InChI=1S/C20H23NO3/c1-12-7-15-11-24-19(23)20(15,9-12)10-14-3-6-17(13(2)8-14)18(22)21-16-4-5-16/h3,6,8,15-16H,1,4-5,7,9-11H2,2H3,(H,21,22). The molecular formula is C20H23NO3. The average Bonchev–Trinajstić information content (AvgIpc) is 3.21. The summed E-state index contributed by atoms with van der Waals surface area (Å²) in [6.07, 6.45) is 4.44. The van der Waals surface area contributed by atoms with Gasteiger partial charge in [-0.2, -0.15) is 0 Å². The van der Waals surface area contributed by atoms with Crippen molar-refractivity contribution in [2.24, 2.45) is 11.3 Å². The molecule has 2 aliphatic carbocycles. The van der Waals surface area contributed by atoms with Crippen LogP contribution in [-0.4, -0.2) is 24.5 Å². The number of carbonyl (C=O) groups is 2. The first-order chi connectivity index (χ1) is 11.5. The molecule has 1 N–H and O–H groups in total. The lowest BCUT2D eigenvalue weighted by molar-refractivity contribution is -0.146. The minimum Gasteiger partial charge on any atom is -0.465 e. The average molecular weight is 325 g/mol. The third-order valence-corrected chi connectivity index (χ3v) is 5.67. The summed E-state index contributed by atoms with van der Waals surface area (Å²) in [5, 5.41) is 3.03. The smallest absolute Gasteiger partial charge is 0.313 e. The number of benzene rings is 1. The number of fused-ring (bicyclic) bond motifs is 1. The SMILES string of the molecule is C=C1CC2COC(=O)C2(Cc2ccc(C(=O)NC3CC3)c(C)c2)C1. The number of hydrogen-bond donors (Lipinski definition) is 1. The lowest BCUT2D eigenvalue weighted by atomic mass is 9.75. The number of carbonyl (C=O) groups excluding carboxylic acids is 2. The topological polar surface area (TPSA) is 55.4 Å². The zero-order valence-corrected chi connectivity index (χ0v) is 14.1. The molecule has 0 radical (unpaired) electrons. The summed E-state index contributed by atoms with van der Waals surface area (Å²) < 4.78 is 5.34. The Morgan fingerprint density at radius 2 is 2.21 bits per heavy atom. The normalized spacial score (nSPS) is 28.6. The molecule has 1 heterocycles. The van der Waals surface area contributed by atoms with Crippen molar-refractivity contribution in [1.29, 1.82) is 0 Å². The monoisotopic (exact) mass is 325 g/mol. The van der Waals surface area contributed by atoms with Gasteiger partial charge in [0.1, 0.15) is 0 Å². The molecule has 126 valence electrons. The molecule has 0 spiro atoms. The van der Waals surface area contributed by atoms with E-state index in [9.17, 15) is 9.59 Å². The van der Waals surface area contributed by atoms with Gasteiger partial charge in [0, 0.05) is 17.5 Å². The molecule has 4 nitrogen and oxygen atoms in total. The van der Waals surface area contributed by atoms with Gasteiger partial charge < -0.3 is 10.1 Å². The van der Waals surface area contributed by atoms with Gasteiger partial charge in [-0.05, 0) is 56.2 Å². The molecule has 2 saturated carbocycles. The van der Waals surface area contributed by atoms with Crippen LogP contribution in [-0.2, 0) is 16.0 Å². The van der Waals surface area contributed by atoms with E-state index >= 15 is 0 Å². The van der Waals surface area contributed by atoms with Crippen LogP contribution >= 0.6 is 0 Å². The summed E-state index contributed by atoms with van der Waals surface area (Å²) in [6.45, 7) is 6.56. The molecule has 4 heteroatoms. The van der Waals surface area contributed by atoms with Crippen molar-refractivity contribution in [2.75, 3.05) is 6.61 Å². The van der Waals surface area contributed by atoms with Gasteiger partial charge in [0.2, 0.25) is 0 Å². The fraction of sp³-hybridized carbons (Fsp3) is 0.500. The number of esters is 1. The van der Waals surface area contributed by atoms with Crippen molar-refractivity contribution in [2.45, 2.75) is 45.1 Å². The van der Waals surface area contributed by atoms with Crippen LogP contribution in [0.25, 0.3) is 0 Å². The summed E-state index contributed by atoms with van der Waals surface area (Å²) >= 11 is 0. The summed E-state index contributed by atoms with van der Waals surface area (Å²) in [5.74, 6) is 0.169. The predicted octanol–water partition coefficient (Wildman–Crippen LogP) is 2.94. The predicted molar refractivity (Wildman–Crippen MR) is 90.6 cm³/mol. The van der Waals surface area contributed by atoms with Gasteiger partial charge in [-0.25, -0.2) is 0 Å². The highest BCUT2D eigenvalue weighted by Gasteiger charge is 2.55. The minimum absolute atomic E-state index is 0.00658.